The molecule has 0 aromatic carbocycles. The maximum Gasteiger partial charge on any atom is 0.0427 e. The molecule has 0 aliphatic heterocycles. The van der Waals surface area contributed by atoms with Gasteiger partial charge in [-0.3, -0.25) is 0 Å². The number of hydrogen-bond donors (Lipinski definition) is 2. The molecule has 1 unspecified atom stereocenters. The van der Waals surface area contributed by atoms with Crippen molar-refractivity contribution in [2.45, 2.75) is 6.04 Å². The van der Waals surface area contributed by atoms with Crippen molar-refractivity contribution in [3.8, 4) is 0 Å². The summed E-state index contributed by atoms with van der Waals surface area (Å²) in [5.74, 6) is 0. The van der Waals surface area contributed by atoms with Gasteiger partial charge in [0.1, 0.15) is 0 Å². The van der Waals surface area contributed by atoms with Gasteiger partial charge in [0, 0.05) is 12.6 Å². The molecule has 1 rings (SSSR count). The molecule has 1 aromatic rings. The van der Waals surface area contributed by atoms with Crippen LogP contribution in [0.2, 0.25) is 0 Å². The minimum atomic E-state index is 0.0243. The van der Waals surface area contributed by atoms with Crippen LogP contribution in [-0.2, 0) is 0 Å². The van der Waals surface area contributed by atoms with E-state index in [2.05, 4.69) is 0 Å². The van der Waals surface area contributed by atoms with E-state index in [0.717, 1.165) is 5.56 Å². The minimum absolute atomic E-state index is 0.0243. The van der Waals surface area contributed by atoms with Gasteiger partial charge in [0.15, 0.2) is 0 Å². The topological polar surface area (TPSA) is 52.0 Å². The van der Waals surface area contributed by atoms with E-state index >= 15 is 0 Å². The number of rotatable bonds is 2. The van der Waals surface area contributed by atoms with Crippen LogP contribution in [-0.4, -0.2) is 6.54 Å². The highest BCUT2D eigenvalue weighted by Crippen LogP contribution is 2.11. The molecule has 4 N–H and O–H groups in total. The van der Waals surface area contributed by atoms with Gasteiger partial charge in [-0.1, -0.05) is 0 Å². The molecular weight excluding hydrogens is 132 g/mol. The number of nitrogens with two attached hydrogens (primary N) is 2. The Hall–Kier alpha value is -0.380. The Bertz CT molecular complexity index is 160. The maximum atomic E-state index is 5.62. The predicted molar refractivity (Wildman–Crippen MR) is 40.3 cm³/mol. The summed E-state index contributed by atoms with van der Waals surface area (Å²) in [4.78, 5) is 0. The third-order valence-electron chi connectivity index (χ3n) is 1.23. The monoisotopic (exact) mass is 142 g/mol. The van der Waals surface area contributed by atoms with Crippen LogP contribution in [0.4, 0.5) is 0 Å². The summed E-state index contributed by atoms with van der Waals surface area (Å²) < 4.78 is 0. The summed E-state index contributed by atoms with van der Waals surface area (Å²) in [5.41, 5.74) is 12.1. The van der Waals surface area contributed by atoms with Crippen molar-refractivity contribution in [2.24, 2.45) is 11.5 Å². The third-order valence-corrected chi connectivity index (χ3v) is 1.93. The summed E-state index contributed by atoms with van der Waals surface area (Å²) in [5, 5.41) is 4.03. The Balaban J connectivity index is 2.65. The van der Waals surface area contributed by atoms with Crippen LogP contribution in [0.15, 0.2) is 16.8 Å². The molecule has 0 amide bonds. The van der Waals surface area contributed by atoms with Crippen molar-refractivity contribution in [1.82, 2.24) is 0 Å². The molecule has 1 heterocycles. The molecule has 1 aromatic heterocycles. The van der Waals surface area contributed by atoms with Crippen LogP contribution >= 0.6 is 11.3 Å². The van der Waals surface area contributed by atoms with Crippen molar-refractivity contribution < 1.29 is 0 Å². The quantitative estimate of drug-likeness (QED) is 0.639. The average Bonchev–Trinajstić information content (AvgIpc) is 2.37. The summed E-state index contributed by atoms with van der Waals surface area (Å²) >= 11 is 1.65. The molecular formula is C6H10N2S. The second-order valence-corrected chi connectivity index (χ2v) is 2.68. The molecule has 2 nitrogen and oxygen atoms in total. The zero-order valence-electron chi connectivity index (χ0n) is 5.08. The molecule has 0 bridgehead atoms. The Morgan fingerprint density at radius 3 is 2.89 bits per heavy atom. The second kappa shape index (κ2) is 2.96. The van der Waals surface area contributed by atoms with E-state index in [9.17, 15) is 0 Å². The Kier molecular flexibility index (Phi) is 2.22. The van der Waals surface area contributed by atoms with Crippen LogP contribution in [0.3, 0.4) is 0 Å². The summed E-state index contributed by atoms with van der Waals surface area (Å²) in [6, 6.07) is 2.03. The van der Waals surface area contributed by atoms with Gasteiger partial charge in [-0.15, -0.1) is 0 Å². The van der Waals surface area contributed by atoms with E-state index in [4.69, 9.17) is 11.5 Å². The first-order valence-corrected chi connectivity index (χ1v) is 3.76. The normalized spacial score (nSPS) is 13.6. The van der Waals surface area contributed by atoms with Crippen molar-refractivity contribution >= 4 is 11.3 Å². The predicted octanol–water partition coefficient (Wildman–Crippen LogP) is 0.707. The molecule has 50 valence electrons. The molecule has 3 heteroatoms. The molecule has 0 aliphatic rings. The van der Waals surface area contributed by atoms with Gasteiger partial charge in [-0.2, -0.15) is 11.3 Å². The van der Waals surface area contributed by atoms with E-state index in [1.165, 1.54) is 0 Å². The third kappa shape index (κ3) is 1.51. The minimum Gasteiger partial charge on any atom is -0.329 e. The van der Waals surface area contributed by atoms with E-state index in [1.54, 1.807) is 11.3 Å². The van der Waals surface area contributed by atoms with Gasteiger partial charge in [0.05, 0.1) is 0 Å². The van der Waals surface area contributed by atoms with Crippen molar-refractivity contribution in [2.75, 3.05) is 6.54 Å². The SMILES string of the molecule is NCC(N)c1ccsc1. The van der Waals surface area contributed by atoms with Gasteiger partial charge in [-0.25, -0.2) is 0 Å². The fraction of sp³-hybridized carbons (Fsp3) is 0.333. The highest BCUT2D eigenvalue weighted by Gasteiger charge is 2.00. The Morgan fingerprint density at radius 1 is 1.67 bits per heavy atom. The Labute approximate surface area is 58.5 Å². The summed E-state index contributed by atoms with van der Waals surface area (Å²) in [7, 11) is 0. The first-order valence-electron chi connectivity index (χ1n) is 2.82. The second-order valence-electron chi connectivity index (χ2n) is 1.90. The average molecular weight is 142 g/mol. The van der Waals surface area contributed by atoms with Crippen LogP contribution in [0, 0.1) is 0 Å². The van der Waals surface area contributed by atoms with E-state index < -0.39 is 0 Å². The molecule has 0 spiro atoms. The largest absolute Gasteiger partial charge is 0.329 e. The molecule has 0 saturated carbocycles. The van der Waals surface area contributed by atoms with Crippen LogP contribution in [0.25, 0.3) is 0 Å². The van der Waals surface area contributed by atoms with E-state index in [-0.39, 0.29) is 6.04 Å². The molecule has 9 heavy (non-hydrogen) atoms. The van der Waals surface area contributed by atoms with E-state index in [1.807, 2.05) is 16.8 Å². The van der Waals surface area contributed by atoms with E-state index in [0.29, 0.717) is 6.54 Å². The van der Waals surface area contributed by atoms with Crippen molar-refractivity contribution in [3.63, 3.8) is 0 Å². The summed E-state index contributed by atoms with van der Waals surface area (Å²) in [6.07, 6.45) is 0. The van der Waals surface area contributed by atoms with Crippen LogP contribution in [0.1, 0.15) is 11.6 Å². The summed E-state index contributed by atoms with van der Waals surface area (Å²) in [6.45, 7) is 0.525. The fourth-order valence-electron chi connectivity index (χ4n) is 0.622. The zero-order chi connectivity index (χ0) is 6.69. The van der Waals surface area contributed by atoms with Crippen molar-refractivity contribution in [3.05, 3.63) is 22.4 Å². The van der Waals surface area contributed by atoms with Gasteiger partial charge < -0.3 is 11.5 Å². The molecule has 0 aliphatic carbocycles. The lowest BCUT2D eigenvalue weighted by molar-refractivity contribution is 0.740. The van der Waals surface area contributed by atoms with Gasteiger partial charge in [0.25, 0.3) is 0 Å². The van der Waals surface area contributed by atoms with Gasteiger partial charge in [0.2, 0.25) is 0 Å². The highest BCUT2D eigenvalue weighted by molar-refractivity contribution is 7.07. The van der Waals surface area contributed by atoms with Gasteiger partial charge >= 0.3 is 0 Å². The first-order chi connectivity index (χ1) is 4.34. The lowest BCUT2D eigenvalue weighted by Gasteiger charge is -2.03. The molecule has 0 radical (unpaired) electrons. The van der Waals surface area contributed by atoms with Crippen LogP contribution in [0.5, 0.6) is 0 Å². The molecule has 0 saturated heterocycles. The standard InChI is InChI=1S/C6H10N2S/c7-3-6(8)5-1-2-9-4-5/h1-2,4,6H,3,7-8H2. The zero-order valence-corrected chi connectivity index (χ0v) is 5.90. The maximum absolute atomic E-state index is 5.62. The first kappa shape index (κ1) is 6.74. The smallest absolute Gasteiger partial charge is 0.0427 e. The lowest BCUT2D eigenvalue weighted by Crippen LogP contribution is -2.19. The fourth-order valence-corrected chi connectivity index (χ4v) is 1.35. The number of hydrogen-bond acceptors (Lipinski definition) is 3. The number of thiophene rings is 1. The van der Waals surface area contributed by atoms with Gasteiger partial charge in [-0.05, 0) is 22.4 Å². The highest BCUT2D eigenvalue weighted by atomic mass is 32.1. The van der Waals surface area contributed by atoms with Crippen LogP contribution < -0.4 is 11.5 Å². The van der Waals surface area contributed by atoms with Crippen molar-refractivity contribution in [1.29, 1.82) is 0 Å². The Morgan fingerprint density at radius 2 is 2.44 bits per heavy atom. The molecule has 0 fully saturated rings. The molecule has 1 atom stereocenters. The lowest BCUT2D eigenvalue weighted by atomic mass is 10.2.